The van der Waals surface area contributed by atoms with Crippen LogP contribution in [0.1, 0.15) is 5.69 Å². The number of aromatic nitrogens is 1. The average molecular weight is 324 g/mol. The van der Waals surface area contributed by atoms with Gasteiger partial charge >= 0.3 is 0 Å². The Morgan fingerprint density at radius 3 is 2.83 bits per heavy atom. The van der Waals surface area contributed by atoms with Crippen molar-refractivity contribution in [3.63, 3.8) is 0 Å². The molecule has 0 saturated heterocycles. The van der Waals surface area contributed by atoms with Crippen LogP contribution in [0.4, 0.5) is 0 Å². The third-order valence-corrected chi connectivity index (χ3v) is 3.87. The van der Waals surface area contributed by atoms with Gasteiger partial charge in [-0.25, -0.2) is 0 Å². The van der Waals surface area contributed by atoms with Gasteiger partial charge in [0.2, 0.25) is 5.91 Å². The van der Waals surface area contributed by atoms with E-state index in [1.54, 1.807) is 0 Å². The normalized spacial score (nSPS) is 16.1. The lowest BCUT2D eigenvalue weighted by Crippen LogP contribution is -2.41. The van der Waals surface area contributed by atoms with Crippen LogP contribution < -0.4 is 14.8 Å². The number of amides is 1. The van der Waals surface area contributed by atoms with E-state index in [4.69, 9.17) is 14.0 Å². The summed E-state index contributed by atoms with van der Waals surface area (Å²) in [5.74, 6) is 1.30. The predicted molar refractivity (Wildman–Crippen MR) is 87.1 cm³/mol. The number of benzene rings is 2. The van der Waals surface area contributed by atoms with Crippen LogP contribution in [0.25, 0.3) is 11.0 Å². The second-order valence-electron chi connectivity index (χ2n) is 5.60. The number of hydrogen-bond donors (Lipinski definition) is 1. The Kier molecular flexibility index (Phi) is 3.78. The van der Waals surface area contributed by atoms with Gasteiger partial charge in [-0.3, -0.25) is 4.79 Å². The minimum Gasteiger partial charge on any atom is -0.486 e. The van der Waals surface area contributed by atoms with Crippen LogP contribution in [0.5, 0.6) is 11.5 Å². The fourth-order valence-corrected chi connectivity index (χ4v) is 2.67. The lowest BCUT2D eigenvalue weighted by molar-refractivity contribution is -0.121. The monoisotopic (exact) mass is 324 g/mol. The molecule has 1 aliphatic heterocycles. The van der Waals surface area contributed by atoms with Gasteiger partial charge in [0.25, 0.3) is 0 Å². The van der Waals surface area contributed by atoms with Gasteiger partial charge in [0.15, 0.2) is 17.1 Å². The molecule has 6 nitrogen and oxygen atoms in total. The zero-order valence-corrected chi connectivity index (χ0v) is 12.9. The van der Waals surface area contributed by atoms with Gasteiger partial charge in [-0.2, -0.15) is 0 Å². The maximum atomic E-state index is 12.2. The minimum atomic E-state index is -0.210. The lowest BCUT2D eigenvalue weighted by atomic mass is 10.1. The molecule has 0 spiro atoms. The van der Waals surface area contributed by atoms with E-state index in [0.29, 0.717) is 30.2 Å². The molecule has 1 N–H and O–H groups in total. The van der Waals surface area contributed by atoms with Gasteiger partial charge < -0.3 is 19.3 Å². The van der Waals surface area contributed by atoms with Crippen LogP contribution in [-0.4, -0.2) is 30.3 Å². The highest BCUT2D eigenvalue weighted by molar-refractivity contribution is 5.86. The van der Waals surface area contributed by atoms with Crippen LogP contribution in [0.3, 0.4) is 0 Å². The Morgan fingerprint density at radius 1 is 1.12 bits per heavy atom. The number of hydrogen-bond acceptors (Lipinski definition) is 5. The van der Waals surface area contributed by atoms with Gasteiger partial charge in [0.1, 0.15) is 18.4 Å². The number of fused-ring (bicyclic) bond motifs is 2. The maximum Gasteiger partial charge on any atom is 0.226 e. The van der Waals surface area contributed by atoms with Crippen molar-refractivity contribution in [3.05, 3.63) is 54.2 Å². The second kappa shape index (κ2) is 6.23. The summed E-state index contributed by atoms with van der Waals surface area (Å²) in [7, 11) is 0. The predicted octanol–water partition coefficient (Wildman–Crippen LogP) is 2.33. The summed E-state index contributed by atoms with van der Waals surface area (Å²) in [6.45, 7) is 0.785. The third-order valence-electron chi connectivity index (χ3n) is 3.87. The van der Waals surface area contributed by atoms with E-state index >= 15 is 0 Å². The molecule has 1 amide bonds. The van der Waals surface area contributed by atoms with Gasteiger partial charge in [-0.15, -0.1) is 0 Å². The van der Waals surface area contributed by atoms with Crippen molar-refractivity contribution in [2.45, 2.75) is 12.5 Å². The van der Waals surface area contributed by atoms with Gasteiger partial charge in [-0.1, -0.05) is 29.4 Å². The number of nitrogens with zero attached hydrogens (tertiary/aromatic N) is 1. The second-order valence-corrected chi connectivity index (χ2v) is 5.60. The van der Waals surface area contributed by atoms with Crippen LogP contribution >= 0.6 is 0 Å². The Labute approximate surface area is 138 Å². The fraction of sp³-hybridized carbons (Fsp3) is 0.222. The molecule has 1 aliphatic rings. The smallest absolute Gasteiger partial charge is 0.226 e. The van der Waals surface area contributed by atoms with E-state index in [9.17, 15) is 4.79 Å². The topological polar surface area (TPSA) is 73.6 Å². The molecule has 2 heterocycles. The SMILES string of the molecule is O=C(Cc1noc2ccccc12)NC[C@@H]1COc2ccccc2O1. The van der Waals surface area contributed by atoms with Crippen LogP contribution in [0, 0.1) is 0 Å². The summed E-state index contributed by atoms with van der Waals surface area (Å²) < 4.78 is 16.7. The zero-order chi connectivity index (χ0) is 16.4. The fourth-order valence-electron chi connectivity index (χ4n) is 2.67. The van der Waals surface area contributed by atoms with E-state index in [1.807, 2.05) is 48.5 Å². The highest BCUT2D eigenvalue weighted by Crippen LogP contribution is 2.30. The van der Waals surface area contributed by atoms with Crippen molar-refractivity contribution in [2.24, 2.45) is 0 Å². The van der Waals surface area contributed by atoms with Crippen LogP contribution in [-0.2, 0) is 11.2 Å². The van der Waals surface area contributed by atoms with E-state index in [0.717, 1.165) is 11.1 Å². The summed E-state index contributed by atoms with van der Waals surface area (Å²) in [5, 5.41) is 7.69. The van der Waals surface area contributed by atoms with Crippen LogP contribution in [0.2, 0.25) is 0 Å². The van der Waals surface area contributed by atoms with Gasteiger partial charge in [0.05, 0.1) is 13.0 Å². The third kappa shape index (κ3) is 2.90. The molecule has 2 aromatic carbocycles. The summed E-state index contributed by atoms with van der Waals surface area (Å²) >= 11 is 0. The molecule has 1 atom stereocenters. The van der Waals surface area contributed by atoms with E-state index in [-0.39, 0.29) is 18.4 Å². The first kappa shape index (κ1) is 14.6. The van der Waals surface area contributed by atoms with Crippen molar-refractivity contribution in [2.75, 3.05) is 13.2 Å². The van der Waals surface area contributed by atoms with Crippen molar-refractivity contribution >= 4 is 16.9 Å². The average Bonchev–Trinajstić information content (AvgIpc) is 3.03. The van der Waals surface area contributed by atoms with E-state index in [1.165, 1.54) is 0 Å². The maximum absolute atomic E-state index is 12.2. The summed E-state index contributed by atoms with van der Waals surface area (Å²) in [5.41, 5.74) is 1.31. The quantitative estimate of drug-likeness (QED) is 0.797. The number of carbonyl (C=O) groups is 1. The van der Waals surface area contributed by atoms with Crippen LogP contribution in [0.15, 0.2) is 53.1 Å². The molecule has 0 fully saturated rings. The number of ether oxygens (including phenoxy) is 2. The first-order valence-corrected chi connectivity index (χ1v) is 7.78. The molecular weight excluding hydrogens is 308 g/mol. The lowest BCUT2D eigenvalue weighted by Gasteiger charge is -2.26. The van der Waals surface area contributed by atoms with Gasteiger partial charge in [-0.05, 0) is 24.3 Å². The highest BCUT2D eigenvalue weighted by Gasteiger charge is 2.21. The molecule has 1 aromatic heterocycles. The molecular formula is C18H16N2O4. The molecule has 3 aromatic rings. The van der Waals surface area contributed by atoms with Crippen molar-refractivity contribution < 1.29 is 18.8 Å². The highest BCUT2D eigenvalue weighted by atomic mass is 16.6. The number of rotatable bonds is 4. The molecule has 0 unspecified atom stereocenters. The Hall–Kier alpha value is -3.02. The van der Waals surface area contributed by atoms with Gasteiger partial charge in [0, 0.05) is 5.39 Å². The molecule has 0 bridgehead atoms. The van der Waals surface area contributed by atoms with Crippen molar-refractivity contribution in [1.82, 2.24) is 10.5 Å². The first-order valence-electron chi connectivity index (χ1n) is 7.78. The Balaban J connectivity index is 1.34. The largest absolute Gasteiger partial charge is 0.486 e. The molecule has 4 rings (SSSR count). The summed E-state index contributed by atoms with van der Waals surface area (Å²) in [6.07, 6.45) is -0.0424. The minimum absolute atomic E-state index is 0.128. The number of nitrogens with one attached hydrogen (secondary N) is 1. The first-order chi connectivity index (χ1) is 11.8. The molecule has 0 saturated carbocycles. The standard InChI is InChI=1S/C18H16N2O4/c21-18(9-14-13-5-1-2-6-15(13)24-20-14)19-10-12-11-22-16-7-3-4-8-17(16)23-12/h1-8,12H,9-11H2,(H,19,21)/t12-/m1/s1. The molecule has 0 aliphatic carbocycles. The Bertz CT molecular complexity index is 874. The molecule has 6 heteroatoms. The Morgan fingerprint density at radius 2 is 1.92 bits per heavy atom. The molecule has 122 valence electrons. The van der Waals surface area contributed by atoms with E-state index < -0.39 is 0 Å². The number of para-hydroxylation sites is 3. The van der Waals surface area contributed by atoms with E-state index in [2.05, 4.69) is 10.5 Å². The molecule has 0 radical (unpaired) electrons. The zero-order valence-electron chi connectivity index (χ0n) is 12.9. The van der Waals surface area contributed by atoms with Crippen molar-refractivity contribution in [3.8, 4) is 11.5 Å². The molecule has 24 heavy (non-hydrogen) atoms. The van der Waals surface area contributed by atoms with Crippen molar-refractivity contribution in [1.29, 1.82) is 0 Å². The summed E-state index contributed by atoms with van der Waals surface area (Å²) in [6, 6.07) is 15.0. The summed E-state index contributed by atoms with van der Waals surface area (Å²) in [4.78, 5) is 12.2. The number of carbonyl (C=O) groups excluding carboxylic acids is 1.